The Morgan fingerprint density at radius 1 is 0.532 bits per heavy atom. The summed E-state index contributed by atoms with van der Waals surface area (Å²) in [5, 5.41) is 26.3. The largest absolute Gasteiger partial charge is 2.00 e. The average molecular weight is 667 g/mol. The molecule has 2 heterocycles. The number of unbranched alkanes of at least 4 members (excludes halogenated alkanes) is 6. The summed E-state index contributed by atoms with van der Waals surface area (Å²) in [5.41, 5.74) is 4.80. The number of H-pyrrole nitrogens is 2. The van der Waals surface area contributed by atoms with Crippen molar-refractivity contribution in [3.8, 4) is 0 Å². The number of amides is 2. The van der Waals surface area contributed by atoms with Gasteiger partial charge >= 0.3 is 37.7 Å². The van der Waals surface area contributed by atoms with E-state index in [1.54, 1.807) is 12.4 Å². The van der Waals surface area contributed by atoms with E-state index in [2.05, 4.69) is 20.6 Å². The van der Waals surface area contributed by atoms with Crippen LogP contribution in [0.3, 0.4) is 0 Å². The number of carboxylic acid groups (broad SMARTS) is 2. The molecule has 11 heteroatoms. The van der Waals surface area contributed by atoms with Crippen molar-refractivity contribution < 1.29 is 29.4 Å². The molecule has 0 aliphatic rings. The fourth-order valence-electron chi connectivity index (χ4n) is 4.76. The van der Waals surface area contributed by atoms with Gasteiger partial charge in [0.15, 0.2) is 0 Å². The molecular weight excluding hydrogens is 624 g/mol. The molecule has 10 nitrogen and oxygen atoms in total. The summed E-state index contributed by atoms with van der Waals surface area (Å²) in [5.74, 6) is -2.23. The number of rotatable bonds is 18. The number of hydrogen-bond donors (Lipinski definition) is 4. The van der Waals surface area contributed by atoms with Crippen LogP contribution >= 0.6 is 0 Å². The molecular formula is C36H42CaN4O6. The Bertz CT molecular complexity index is 1390. The molecule has 4 aromatic rings. The minimum Gasteiger partial charge on any atom is -0.550 e. The molecule has 0 unspecified atom stereocenters. The van der Waals surface area contributed by atoms with Gasteiger partial charge < -0.3 is 40.4 Å². The average Bonchev–Trinajstić information content (AvgIpc) is 3.72. The van der Waals surface area contributed by atoms with E-state index >= 15 is 0 Å². The Kier molecular flexibility index (Phi) is 18.9. The van der Waals surface area contributed by atoms with Gasteiger partial charge in [-0.1, -0.05) is 62.1 Å². The summed E-state index contributed by atoms with van der Waals surface area (Å²) in [6.07, 6.45) is 12.4. The number of aryl methyl sites for hydroxylation is 2. The van der Waals surface area contributed by atoms with Gasteiger partial charge in [-0.2, -0.15) is 0 Å². The molecule has 2 aromatic carbocycles. The molecule has 47 heavy (non-hydrogen) atoms. The number of nitrogens with one attached hydrogen (secondary N) is 4. The number of carboxylic acids is 2. The van der Waals surface area contributed by atoms with Crippen molar-refractivity contribution in [2.75, 3.05) is 10.6 Å². The zero-order chi connectivity index (χ0) is 33.0. The van der Waals surface area contributed by atoms with Crippen molar-refractivity contribution in [3.63, 3.8) is 0 Å². The molecule has 2 aromatic heterocycles. The van der Waals surface area contributed by atoms with Crippen LogP contribution in [0.25, 0.3) is 0 Å². The predicted octanol–water partition coefficient (Wildman–Crippen LogP) is 4.64. The van der Waals surface area contributed by atoms with Crippen LogP contribution in [0, 0.1) is 0 Å². The zero-order valence-electron chi connectivity index (χ0n) is 26.7. The molecule has 4 rings (SSSR count). The van der Waals surface area contributed by atoms with Gasteiger partial charge in [-0.05, 0) is 87.8 Å². The monoisotopic (exact) mass is 666 g/mol. The van der Waals surface area contributed by atoms with Gasteiger partial charge in [0.2, 0.25) is 0 Å². The van der Waals surface area contributed by atoms with Gasteiger partial charge in [0, 0.05) is 47.1 Å². The molecule has 0 spiro atoms. The first-order valence-electron chi connectivity index (χ1n) is 15.8. The standard InChI is InChI=1S/2C18H22N2O3.Ca/c2*21-17(22)11-7-2-1-4-10-16-12-14(13-19-16)18(23)20-15-8-5-3-6-9-15;/h2*3,5-6,8-9,12-13,19H,1-2,4,7,10-11H2,(H,20,23)(H,21,22);/q;;+2/p-2. The summed E-state index contributed by atoms with van der Waals surface area (Å²) in [6.45, 7) is 0. The predicted molar refractivity (Wildman–Crippen MR) is 180 cm³/mol. The molecule has 0 aliphatic heterocycles. The van der Waals surface area contributed by atoms with Crippen LogP contribution in [0.1, 0.15) is 96.3 Å². The first-order chi connectivity index (χ1) is 22.3. The van der Waals surface area contributed by atoms with Crippen molar-refractivity contribution in [2.45, 2.75) is 77.0 Å². The number of para-hydroxylation sites is 2. The van der Waals surface area contributed by atoms with E-state index in [0.29, 0.717) is 24.0 Å². The van der Waals surface area contributed by atoms with Crippen molar-refractivity contribution in [3.05, 3.63) is 108 Å². The SMILES string of the molecule is O=C([O-])CCCCCCc1cc(C(=O)Nc2ccccc2)c[nH]1.O=C([O-])CCCCCCc1cc(C(=O)Nc2ccccc2)c[nH]1.[Ca+2]. The molecule has 2 amide bonds. The van der Waals surface area contributed by atoms with Crippen molar-refractivity contribution >= 4 is 72.9 Å². The quantitative estimate of drug-likeness (QED) is 0.0891. The molecule has 0 saturated carbocycles. The summed E-state index contributed by atoms with van der Waals surface area (Å²) in [7, 11) is 0. The summed E-state index contributed by atoms with van der Waals surface area (Å²) in [4.78, 5) is 51.1. The Morgan fingerprint density at radius 3 is 1.26 bits per heavy atom. The van der Waals surface area contributed by atoms with E-state index in [4.69, 9.17) is 0 Å². The van der Waals surface area contributed by atoms with Gasteiger partial charge in [0.25, 0.3) is 11.8 Å². The zero-order valence-corrected chi connectivity index (χ0v) is 28.9. The number of benzene rings is 2. The Hall–Kier alpha value is -3.86. The van der Waals surface area contributed by atoms with E-state index in [1.807, 2.05) is 72.8 Å². The minimum absolute atomic E-state index is 0. The van der Waals surface area contributed by atoms with Crippen LogP contribution in [-0.4, -0.2) is 71.5 Å². The molecule has 4 N–H and O–H groups in total. The minimum atomic E-state index is -0.983. The molecule has 0 fully saturated rings. The first kappa shape index (κ1) is 39.3. The second-order valence-corrected chi connectivity index (χ2v) is 11.0. The topological polar surface area (TPSA) is 170 Å². The number of carbonyl (C=O) groups is 4. The van der Waals surface area contributed by atoms with Crippen molar-refractivity contribution in [1.29, 1.82) is 0 Å². The Morgan fingerprint density at radius 2 is 0.894 bits per heavy atom. The maximum absolute atomic E-state index is 12.1. The molecule has 0 bridgehead atoms. The van der Waals surface area contributed by atoms with E-state index < -0.39 is 11.9 Å². The van der Waals surface area contributed by atoms with E-state index in [0.717, 1.165) is 74.1 Å². The second kappa shape index (κ2) is 22.6. The first-order valence-corrected chi connectivity index (χ1v) is 15.8. The van der Waals surface area contributed by atoms with E-state index in [1.165, 1.54) is 0 Å². The normalized spacial score (nSPS) is 10.2. The fraction of sp³-hybridized carbons (Fsp3) is 0.333. The fourth-order valence-corrected chi connectivity index (χ4v) is 4.76. The van der Waals surface area contributed by atoms with Crippen LogP contribution in [0.4, 0.5) is 11.4 Å². The summed E-state index contributed by atoms with van der Waals surface area (Å²) < 4.78 is 0. The van der Waals surface area contributed by atoms with Gasteiger partial charge in [-0.3, -0.25) is 9.59 Å². The summed E-state index contributed by atoms with van der Waals surface area (Å²) in [6, 6.07) is 22.4. The van der Waals surface area contributed by atoms with E-state index in [9.17, 15) is 29.4 Å². The van der Waals surface area contributed by atoms with Crippen molar-refractivity contribution in [1.82, 2.24) is 9.97 Å². The number of hydrogen-bond acceptors (Lipinski definition) is 6. The molecule has 0 atom stereocenters. The van der Waals surface area contributed by atoms with Gasteiger partial charge in [-0.15, -0.1) is 0 Å². The van der Waals surface area contributed by atoms with Crippen molar-refractivity contribution in [2.24, 2.45) is 0 Å². The number of aromatic nitrogens is 2. The third kappa shape index (κ3) is 16.5. The molecule has 0 aliphatic carbocycles. The molecule has 0 saturated heterocycles. The third-order valence-corrected chi connectivity index (χ3v) is 7.23. The Labute approximate surface area is 305 Å². The second-order valence-electron chi connectivity index (χ2n) is 11.0. The number of anilines is 2. The van der Waals surface area contributed by atoms with Crippen LogP contribution in [0.15, 0.2) is 85.2 Å². The smallest absolute Gasteiger partial charge is 0.550 e. The summed E-state index contributed by atoms with van der Waals surface area (Å²) >= 11 is 0. The van der Waals surface area contributed by atoms with Gasteiger partial charge in [0.1, 0.15) is 0 Å². The maximum atomic E-state index is 12.1. The van der Waals surface area contributed by atoms with Crippen LogP contribution in [-0.2, 0) is 22.4 Å². The van der Waals surface area contributed by atoms with Crippen LogP contribution < -0.4 is 20.8 Å². The number of aliphatic carboxylic acids is 2. The molecule has 0 radical (unpaired) electrons. The van der Waals surface area contributed by atoms with Crippen LogP contribution in [0.5, 0.6) is 0 Å². The molecule has 244 valence electrons. The van der Waals surface area contributed by atoms with E-state index in [-0.39, 0.29) is 62.4 Å². The third-order valence-electron chi connectivity index (χ3n) is 7.23. The Balaban J connectivity index is 0.000000320. The van der Waals surface area contributed by atoms with Crippen LogP contribution in [0.2, 0.25) is 0 Å². The van der Waals surface area contributed by atoms with Gasteiger partial charge in [-0.25, -0.2) is 0 Å². The number of carbonyl (C=O) groups excluding carboxylic acids is 4. The maximum Gasteiger partial charge on any atom is 2.00 e. The van der Waals surface area contributed by atoms with Gasteiger partial charge in [0.05, 0.1) is 11.1 Å². The number of aromatic amines is 2.